The molecule has 0 saturated carbocycles. The minimum atomic E-state index is -4.39. The number of carbonyl (C=O) groups is 1. The van der Waals surface area contributed by atoms with Crippen molar-refractivity contribution in [3.8, 4) is 5.75 Å². The molecule has 0 spiro atoms. The standard InChI is InChI=1S/C14H15F3N2O3S/c1-2-22-9-3-4-10-11(7-9)23-13(18-10)19-12(20)5-6-21-8-14(15,16)17/h3-4,7H,2,5-6,8H2,1H3,(H,18,19,20). The third-order valence-corrected chi connectivity index (χ3v) is 3.59. The lowest BCUT2D eigenvalue weighted by atomic mass is 10.3. The number of thiazole rings is 1. The van der Waals surface area contributed by atoms with Crippen molar-refractivity contribution in [2.24, 2.45) is 0 Å². The van der Waals surface area contributed by atoms with Gasteiger partial charge in [-0.25, -0.2) is 4.98 Å². The van der Waals surface area contributed by atoms with Crippen LogP contribution in [0.25, 0.3) is 10.2 Å². The lowest BCUT2D eigenvalue weighted by Crippen LogP contribution is -2.20. The number of hydrogen-bond acceptors (Lipinski definition) is 5. The number of benzene rings is 1. The van der Waals surface area contributed by atoms with E-state index in [1.165, 1.54) is 11.3 Å². The molecule has 1 heterocycles. The topological polar surface area (TPSA) is 60.5 Å². The number of hydrogen-bond donors (Lipinski definition) is 1. The van der Waals surface area contributed by atoms with Crippen LogP contribution in [-0.2, 0) is 9.53 Å². The number of halogens is 3. The molecule has 2 rings (SSSR count). The highest BCUT2D eigenvalue weighted by Gasteiger charge is 2.27. The first-order chi connectivity index (χ1) is 10.9. The Balaban J connectivity index is 1.87. The molecule has 0 aliphatic rings. The Morgan fingerprint density at radius 1 is 1.39 bits per heavy atom. The molecule has 5 nitrogen and oxygen atoms in total. The van der Waals surface area contributed by atoms with Crippen LogP contribution in [0.15, 0.2) is 18.2 Å². The molecule has 0 fully saturated rings. The summed E-state index contributed by atoms with van der Waals surface area (Å²) < 4.78 is 46.3. The van der Waals surface area contributed by atoms with E-state index in [4.69, 9.17) is 4.74 Å². The molecule has 0 saturated heterocycles. The quantitative estimate of drug-likeness (QED) is 0.777. The minimum absolute atomic E-state index is 0.170. The van der Waals surface area contributed by atoms with Gasteiger partial charge in [-0.2, -0.15) is 13.2 Å². The van der Waals surface area contributed by atoms with Crippen molar-refractivity contribution >= 4 is 32.6 Å². The van der Waals surface area contributed by atoms with Gasteiger partial charge in [-0.1, -0.05) is 11.3 Å². The van der Waals surface area contributed by atoms with Crippen LogP contribution in [0.2, 0.25) is 0 Å². The maximum atomic E-state index is 11.9. The van der Waals surface area contributed by atoms with E-state index in [1.807, 2.05) is 13.0 Å². The van der Waals surface area contributed by atoms with Crippen molar-refractivity contribution in [2.75, 3.05) is 25.1 Å². The van der Waals surface area contributed by atoms with Crippen LogP contribution in [0.1, 0.15) is 13.3 Å². The molecular formula is C14H15F3N2O3S. The summed E-state index contributed by atoms with van der Waals surface area (Å²) in [5.41, 5.74) is 0.710. The summed E-state index contributed by atoms with van der Waals surface area (Å²) in [6.07, 6.45) is -4.56. The Morgan fingerprint density at radius 3 is 2.87 bits per heavy atom. The van der Waals surface area contributed by atoms with Crippen molar-refractivity contribution in [3.63, 3.8) is 0 Å². The molecule has 1 aromatic carbocycles. The Morgan fingerprint density at radius 2 is 2.17 bits per heavy atom. The zero-order valence-electron chi connectivity index (χ0n) is 12.3. The van der Waals surface area contributed by atoms with E-state index < -0.39 is 18.7 Å². The van der Waals surface area contributed by atoms with E-state index in [0.717, 1.165) is 4.70 Å². The summed E-state index contributed by atoms with van der Waals surface area (Å²) in [5.74, 6) is 0.262. The molecule has 1 aromatic heterocycles. The molecule has 0 unspecified atom stereocenters. The zero-order chi connectivity index (χ0) is 16.9. The van der Waals surface area contributed by atoms with E-state index in [0.29, 0.717) is 23.0 Å². The Hall–Kier alpha value is -1.87. The number of rotatable bonds is 7. The zero-order valence-corrected chi connectivity index (χ0v) is 13.1. The van der Waals surface area contributed by atoms with Crippen molar-refractivity contribution in [2.45, 2.75) is 19.5 Å². The van der Waals surface area contributed by atoms with Gasteiger partial charge in [0.15, 0.2) is 5.13 Å². The second-order valence-electron chi connectivity index (χ2n) is 4.55. The third kappa shape index (κ3) is 5.68. The second kappa shape index (κ2) is 7.60. The van der Waals surface area contributed by atoms with Crippen molar-refractivity contribution in [1.29, 1.82) is 0 Å². The summed E-state index contributed by atoms with van der Waals surface area (Å²) in [4.78, 5) is 15.9. The number of fused-ring (bicyclic) bond motifs is 1. The number of alkyl halides is 3. The van der Waals surface area contributed by atoms with Crippen molar-refractivity contribution < 1.29 is 27.4 Å². The van der Waals surface area contributed by atoms with Gasteiger partial charge in [-0.3, -0.25) is 4.79 Å². The van der Waals surface area contributed by atoms with Crippen LogP contribution in [0, 0.1) is 0 Å². The van der Waals surface area contributed by atoms with Crippen LogP contribution in [0.4, 0.5) is 18.3 Å². The van der Waals surface area contributed by atoms with Gasteiger partial charge >= 0.3 is 6.18 Å². The summed E-state index contributed by atoms with van der Waals surface area (Å²) >= 11 is 1.27. The lowest BCUT2D eigenvalue weighted by molar-refractivity contribution is -0.174. The van der Waals surface area contributed by atoms with Gasteiger partial charge in [0.1, 0.15) is 12.4 Å². The van der Waals surface area contributed by atoms with Gasteiger partial charge in [0, 0.05) is 0 Å². The molecule has 2 aromatic rings. The van der Waals surface area contributed by atoms with E-state index >= 15 is 0 Å². The van der Waals surface area contributed by atoms with Gasteiger partial charge in [0.2, 0.25) is 5.91 Å². The van der Waals surface area contributed by atoms with Crippen LogP contribution in [-0.4, -0.2) is 36.9 Å². The summed E-state index contributed by atoms with van der Waals surface area (Å²) in [6, 6.07) is 5.37. The number of aromatic nitrogens is 1. The van der Waals surface area contributed by atoms with E-state index in [-0.39, 0.29) is 13.0 Å². The molecule has 0 aliphatic heterocycles. The maximum Gasteiger partial charge on any atom is 0.411 e. The Labute approximate surface area is 134 Å². The lowest BCUT2D eigenvalue weighted by Gasteiger charge is -2.06. The normalized spacial score (nSPS) is 11.7. The molecule has 0 bridgehead atoms. The average molecular weight is 348 g/mol. The summed E-state index contributed by atoms with van der Waals surface area (Å²) in [5, 5.41) is 2.93. The largest absolute Gasteiger partial charge is 0.494 e. The smallest absolute Gasteiger partial charge is 0.411 e. The summed E-state index contributed by atoms with van der Waals surface area (Å²) in [6.45, 7) is 0.765. The highest BCUT2D eigenvalue weighted by atomic mass is 32.1. The van der Waals surface area contributed by atoms with E-state index in [2.05, 4.69) is 15.0 Å². The first kappa shape index (κ1) is 17.5. The van der Waals surface area contributed by atoms with Crippen molar-refractivity contribution in [1.82, 2.24) is 4.98 Å². The van der Waals surface area contributed by atoms with Crippen molar-refractivity contribution in [3.05, 3.63) is 18.2 Å². The van der Waals surface area contributed by atoms with Gasteiger partial charge in [-0.15, -0.1) is 0 Å². The molecule has 126 valence electrons. The highest BCUT2D eigenvalue weighted by molar-refractivity contribution is 7.22. The monoisotopic (exact) mass is 348 g/mol. The molecule has 0 aliphatic carbocycles. The molecule has 0 radical (unpaired) electrons. The number of amides is 1. The first-order valence-corrected chi connectivity index (χ1v) is 7.67. The van der Waals surface area contributed by atoms with Gasteiger partial charge in [-0.05, 0) is 25.1 Å². The fraction of sp³-hybridized carbons (Fsp3) is 0.429. The number of carbonyl (C=O) groups excluding carboxylic acids is 1. The molecule has 9 heteroatoms. The average Bonchev–Trinajstić information content (AvgIpc) is 2.84. The maximum absolute atomic E-state index is 11.9. The molecule has 0 atom stereocenters. The van der Waals surface area contributed by atoms with Crippen LogP contribution < -0.4 is 10.1 Å². The number of nitrogens with zero attached hydrogens (tertiary/aromatic N) is 1. The predicted molar refractivity (Wildman–Crippen MR) is 80.9 cm³/mol. The fourth-order valence-electron chi connectivity index (χ4n) is 1.75. The van der Waals surface area contributed by atoms with Gasteiger partial charge in [0.25, 0.3) is 0 Å². The third-order valence-electron chi connectivity index (χ3n) is 2.66. The van der Waals surface area contributed by atoms with E-state index in [1.54, 1.807) is 12.1 Å². The predicted octanol–water partition coefficient (Wildman–Crippen LogP) is 3.60. The van der Waals surface area contributed by atoms with Gasteiger partial charge < -0.3 is 14.8 Å². The SMILES string of the molecule is CCOc1ccc2nc(NC(=O)CCOCC(F)(F)F)sc2c1. The Kier molecular flexibility index (Phi) is 5.78. The van der Waals surface area contributed by atoms with Crippen LogP contribution in [0.5, 0.6) is 5.75 Å². The van der Waals surface area contributed by atoms with Crippen LogP contribution >= 0.6 is 11.3 Å². The molecule has 23 heavy (non-hydrogen) atoms. The summed E-state index contributed by atoms with van der Waals surface area (Å²) in [7, 11) is 0. The molecular weight excluding hydrogens is 333 g/mol. The Bertz CT molecular complexity index is 673. The van der Waals surface area contributed by atoms with E-state index in [9.17, 15) is 18.0 Å². The number of nitrogens with one attached hydrogen (secondary N) is 1. The number of ether oxygens (including phenoxy) is 2. The second-order valence-corrected chi connectivity index (χ2v) is 5.58. The fourth-order valence-corrected chi connectivity index (χ4v) is 2.66. The first-order valence-electron chi connectivity index (χ1n) is 6.85. The van der Waals surface area contributed by atoms with Crippen LogP contribution in [0.3, 0.4) is 0 Å². The highest BCUT2D eigenvalue weighted by Crippen LogP contribution is 2.29. The van der Waals surface area contributed by atoms with Gasteiger partial charge in [0.05, 0.1) is 29.9 Å². The number of anilines is 1. The molecule has 1 amide bonds. The molecule has 1 N–H and O–H groups in total. The minimum Gasteiger partial charge on any atom is -0.494 e.